The molecule has 0 aliphatic carbocycles. The summed E-state index contributed by atoms with van der Waals surface area (Å²) in [4.78, 5) is 54.8. The first-order valence-corrected chi connectivity index (χ1v) is 11.6. The van der Waals surface area contributed by atoms with Gasteiger partial charge in [0.05, 0.1) is 11.1 Å². The molecule has 1 atom stereocenters. The van der Waals surface area contributed by atoms with Gasteiger partial charge in [0.25, 0.3) is 11.8 Å². The van der Waals surface area contributed by atoms with Crippen molar-refractivity contribution in [3.05, 3.63) is 89.2 Å². The third-order valence-electron chi connectivity index (χ3n) is 6.34. The van der Waals surface area contributed by atoms with Crippen LogP contribution in [0.2, 0.25) is 0 Å². The number of carbonyl (C=O) groups excluding carboxylic acids is 4. The van der Waals surface area contributed by atoms with Crippen LogP contribution in [-0.4, -0.2) is 46.1 Å². The van der Waals surface area contributed by atoms with Crippen molar-refractivity contribution in [3.8, 4) is 11.1 Å². The van der Waals surface area contributed by atoms with E-state index in [1.165, 1.54) is 0 Å². The Labute approximate surface area is 202 Å². The first-order valence-electron chi connectivity index (χ1n) is 11.6. The van der Waals surface area contributed by atoms with E-state index >= 15 is 0 Å². The number of pyridine rings is 1. The molecule has 2 aliphatic heterocycles. The van der Waals surface area contributed by atoms with Gasteiger partial charge < -0.3 is 5.32 Å². The summed E-state index contributed by atoms with van der Waals surface area (Å²) in [6.45, 7) is 1.55. The molecule has 8 nitrogen and oxygen atoms in total. The van der Waals surface area contributed by atoms with Crippen molar-refractivity contribution < 1.29 is 19.2 Å². The Morgan fingerprint density at radius 1 is 0.914 bits per heavy atom. The number of nitrogens with zero attached hydrogens (tertiary/aromatic N) is 2. The van der Waals surface area contributed by atoms with E-state index in [0.29, 0.717) is 0 Å². The number of hydrogen-bond donors (Lipinski definition) is 2. The summed E-state index contributed by atoms with van der Waals surface area (Å²) in [5.74, 6) is -2.00. The van der Waals surface area contributed by atoms with Gasteiger partial charge in [-0.15, -0.1) is 0 Å². The second-order valence-electron chi connectivity index (χ2n) is 8.70. The van der Waals surface area contributed by atoms with Crippen molar-refractivity contribution in [2.24, 2.45) is 0 Å². The zero-order chi connectivity index (χ0) is 24.4. The molecule has 8 heteroatoms. The van der Waals surface area contributed by atoms with Gasteiger partial charge in [-0.3, -0.25) is 34.4 Å². The minimum atomic E-state index is -0.967. The van der Waals surface area contributed by atoms with Gasteiger partial charge in [-0.05, 0) is 59.8 Å². The lowest BCUT2D eigenvalue weighted by Crippen LogP contribution is -2.54. The minimum Gasteiger partial charge on any atom is -0.312 e. The van der Waals surface area contributed by atoms with E-state index in [1.54, 1.807) is 18.3 Å². The number of amides is 4. The van der Waals surface area contributed by atoms with E-state index in [1.807, 2.05) is 36.5 Å². The van der Waals surface area contributed by atoms with Gasteiger partial charge in [0.2, 0.25) is 11.8 Å². The summed E-state index contributed by atoms with van der Waals surface area (Å²) in [5, 5.41) is 5.63. The van der Waals surface area contributed by atoms with E-state index in [4.69, 9.17) is 0 Å². The molecule has 1 fully saturated rings. The maximum absolute atomic E-state index is 13.1. The molecule has 3 heterocycles. The number of fused-ring (bicyclic) bond motifs is 1. The van der Waals surface area contributed by atoms with Crippen LogP contribution in [0.15, 0.2) is 67.0 Å². The first-order chi connectivity index (χ1) is 17.0. The van der Waals surface area contributed by atoms with Crippen LogP contribution in [0.3, 0.4) is 0 Å². The number of carbonyl (C=O) groups is 4. The molecule has 0 bridgehead atoms. The highest BCUT2D eigenvalue weighted by Crippen LogP contribution is 2.31. The number of aromatic nitrogens is 1. The summed E-state index contributed by atoms with van der Waals surface area (Å²) in [6, 6.07) is 16.2. The number of imide groups is 2. The lowest BCUT2D eigenvalue weighted by Gasteiger charge is -2.27. The number of nitrogens with one attached hydrogen (secondary N) is 2. The predicted molar refractivity (Wildman–Crippen MR) is 128 cm³/mol. The van der Waals surface area contributed by atoms with E-state index in [2.05, 4.69) is 27.8 Å². The summed E-state index contributed by atoms with van der Waals surface area (Å²) < 4.78 is 0. The molecular weight excluding hydrogens is 444 g/mol. The van der Waals surface area contributed by atoms with Gasteiger partial charge in [0, 0.05) is 25.4 Å². The number of rotatable bonds is 7. The predicted octanol–water partition coefficient (Wildman–Crippen LogP) is 2.48. The molecule has 0 spiro atoms. The standard InChI is InChI=1S/C27H24N4O4/c32-24-9-8-23(25(33)30-24)31-26(34)21-7-6-20(14-22(21)27(31)35)19-5-1-3-17(13-19)10-12-29-16-18-4-2-11-28-15-18/h1-7,11,13-15,23,29H,8-10,12,16H2,(H,30,32,33). The van der Waals surface area contributed by atoms with Crippen LogP contribution >= 0.6 is 0 Å². The lowest BCUT2D eigenvalue weighted by molar-refractivity contribution is -0.136. The molecule has 35 heavy (non-hydrogen) atoms. The summed E-state index contributed by atoms with van der Waals surface area (Å²) in [7, 11) is 0. The van der Waals surface area contributed by atoms with Gasteiger partial charge in [0.15, 0.2) is 0 Å². The second kappa shape index (κ2) is 9.60. The number of benzene rings is 2. The van der Waals surface area contributed by atoms with Crippen LogP contribution in [0.4, 0.5) is 0 Å². The van der Waals surface area contributed by atoms with Gasteiger partial charge in [-0.1, -0.05) is 36.4 Å². The SMILES string of the molecule is O=C1CCC(N2C(=O)c3ccc(-c4cccc(CCNCc5cccnc5)c4)cc3C2=O)C(=O)N1. The molecule has 176 valence electrons. The van der Waals surface area contributed by atoms with Crippen LogP contribution in [0, 0.1) is 0 Å². The molecule has 2 aromatic carbocycles. The Hall–Kier alpha value is -4.17. The van der Waals surface area contributed by atoms with Gasteiger partial charge >= 0.3 is 0 Å². The number of hydrogen-bond acceptors (Lipinski definition) is 6. The van der Waals surface area contributed by atoms with Crippen molar-refractivity contribution in [2.75, 3.05) is 6.54 Å². The molecule has 1 saturated heterocycles. The Balaban J connectivity index is 1.29. The van der Waals surface area contributed by atoms with E-state index in [-0.39, 0.29) is 24.0 Å². The molecule has 3 aromatic rings. The monoisotopic (exact) mass is 468 g/mol. The summed E-state index contributed by atoms with van der Waals surface area (Å²) >= 11 is 0. The van der Waals surface area contributed by atoms with E-state index in [0.717, 1.165) is 46.7 Å². The van der Waals surface area contributed by atoms with E-state index < -0.39 is 29.7 Å². The molecule has 1 aromatic heterocycles. The first kappa shape index (κ1) is 22.6. The fourth-order valence-electron chi connectivity index (χ4n) is 4.53. The van der Waals surface area contributed by atoms with Crippen molar-refractivity contribution >= 4 is 23.6 Å². The van der Waals surface area contributed by atoms with Gasteiger partial charge in [-0.2, -0.15) is 0 Å². The molecule has 0 radical (unpaired) electrons. The van der Waals surface area contributed by atoms with Crippen LogP contribution < -0.4 is 10.6 Å². The molecule has 1 unspecified atom stereocenters. The largest absolute Gasteiger partial charge is 0.312 e. The topological polar surface area (TPSA) is 108 Å². The molecule has 5 rings (SSSR count). The second-order valence-corrected chi connectivity index (χ2v) is 8.70. The highest BCUT2D eigenvalue weighted by Gasteiger charge is 2.44. The molecule has 0 saturated carbocycles. The molecule has 2 N–H and O–H groups in total. The van der Waals surface area contributed by atoms with Gasteiger partial charge in [0.1, 0.15) is 6.04 Å². The smallest absolute Gasteiger partial charge is 0.262 e. The maximum atomic E-state index is 13.1. The highest BCUT2D eigenvalue weighted by atomic mass is 16.2. The fourth-order valence-corrected chi connectivity index (χ4v) is 4.53. The Kier molecular flexibility index (Phi) is 6.20. The van der Waals surface area contributed by atoms with Crippen LogP contribution in [0.5, 0.6) is 0 Å². The third kappa shape index (κ3) is 4.61. The Morgan fingerprint density at radius 2 is 1.71 bits per heavy atom. The van der Waals surface area contributed by atoms with Crippen molar-refractivity contribution in [2.45, 2.75) is 31.8 Å². The van der Waals surface area contributed by atoms with Crippen molar-refractivity contribution in [3.63, 3.8) is 0 Å². The Bertz CT molecular complexity index is 1320. The zero-order valence-corrected chi connectivity index (χ0v) is 19.0. The third-order valence-corrected chi connectivity index (χ3v) is 6.34. The van der Waals surface area contributed by atoms with Crippen LogP contribution in [0.1, 0.15) is 44.7 Å². The molecular formula is C27H24N4O4. The number of piperidine rings is 1. The highest BCUT2D eigenvalue weighted by molar-refractivity contribution is 6.23. The minimum absolute atomic E-state index is 0.0962. The lowest BCUT2D eigenvalue weighted by atomic mass is 9.98. The van der Waals surface area contributed by atoms with Gasteiger partial charge in [-0.25, -0.2) is 0 Å². The average Bonchev–Trinajstić information content (AvgIpc) is 3.12. The van der Waals surface area contributed by atoms with Crippen molar-refractivity contribution in [1.29, 1.82) is 0 Å². The summed E-state index contributed by atoms with van der Waals surface area (Å²) in [6.07, 6.45) is 4.66. The average molecular weight is 469 g/mol. The van der Waals surface area contributed by atoms with Crippen LogP contribution in [0.25, 0.3) is 11.1 Å². The van der Waals surface area contributed by atoms with Crippen LogP contribution in [-0.2, 0) is 22.6 Å². The maximum Gasteiger partial charge on any atom is 0.262 e. The Morgan fingerprint density at radius 3 is 2.51 bits per heavy atom. The van der Waals surface area contributed by atoms with Crippen molar-refractivity contribution in [1.82, 2.24) is 20.5 Å². The molecule has 2 aliphatic rings. The molecule has 4 amide bonds. The summed E-state index contributed by atoms with van der Waals surface area (Å²) in [5.41, 5.74) is 4.59. The zero-order valence-electron chi connectivity index (χ0n) is 19.0. The normalized spacial score (nSPS) is 17.5. The fraction of sp³-hybridized carbons (Fsp3) is 0.222. The quantitative estimate of drug-likeness (QED) is 0.407. The van der Waals surface area contributed by atoms with E-state index in [9.17, 15) is 19.2 Å².